The molecule has 1 aliphatic rings. The molecular weight excluding hydrogens is 521 g/mol. The Kier molecular flexibility index (Phi) is 7.11. The van der Waals surface area contributed by atoms with Crippen LogP contribution in [0.15, 0.2) is 73.1 Å². The predicted octanol–water partition coefficient (Wildman–Crippen LogP) is 5.02. The summed E-state index contributed by atoms with van der Waals surface area (Å²) >= 11 is 0. The quantitative estimate of drug-likeness (QED) is 0.263. The summed E-state index contributed by atoms with van der Waals surface area (Å²) in [5, 5.41) is 4.78. The van der Waals surface area contributed by atoms with Gasteiger partial charge in [-0.05, 0) is 78.1 Å². The van der Waals surface area contributed by atoms with Crippen molar-refractivity contribution in [1.29, 1.82) is 0 Å². The van der Waals surface area contributed by atoms with E-state index >= 15 is 0 Å². The van der Waals surface area contributed by atoms with E-state index in [2.05, 4.69) is 20.2 Å². The van der Waals surface area contributed by atoms with Crippen molar-refractivity contribution < 1.29 is 18.7 Å². The van der Waals surface area contributed by atoms with Crippen LogP contribution in [0.5, 0.6) is 5.75 Å². The van der Waals surface area contributed by atoms with Crippen LogP contribution < -0.4 is 15.8 Å². The molecule has 3 heterocycles. The van der Waals surface area contributed by atoms with Crippen molar-refractivity contribution in [3.05, 3.63) is 95.6 Å². The van der Waals surface area contributed by atoms with E-state index in [0.29, 0.717) is 27.7 Å². The molecule has 0 unspecified atom stereocenters. The number of likely N-dealkylation sites (tertiary alicyclic amines) is 1. The molecule has 2 amide bonds. The van der Waals surface area contributed by atoms with Gasteiger partial charge < -0.3 is 20.8 Å². The Morgan fingerprint density at radius 2 is 1.80 bits per heavy atom. The molecule has 0 atom stereocenters. The molecule has 1 fully saturated rings. The second kappa shape index (κ2) is 11.0. The van der Waals surface area contributed by atoms with Crippen molar-refractivity contribution in [3.8, 4) is 16.9 Å². The summed E-state index contributed by atoms with van der Waals surface area (Å²) in [5.41, 5.74) is 10.3. The molecule has 0 radical (unpaired) electrons. The number of rotatable bonds is 7. The van der Waals surface area contributed by atoms with Gasteiger partial charge in [0.2, 0.25) is 0 Å². The number of benzene rings is 3. The van der Waals surface area contributed by atoms with Crippen LogP contribution in [0, 0.1) is 5.82 Å². The summed E-state index contributed by atoms with van der Waals surface area (Å²) in [5.74, 6) is -1.11. The maximum absolute atomic E-state index is 14.4. The maximum atomic E-state index is 14.4. The Hall–Kier alpha value is -4.76. The fraction of sp³-hybridized carbons (Fsp3) is 0.219. The summed E-state index contributed by atoms with van der Waals surface area (Å²) in [6.45, 7) is 2.69. The topological polar surface area (TPSA) is 113 Å². The first kappa shape index (κ1) is 26.5. The Morgan fingerprint density at radius 1 is 1.02 bits per heavy atom. The highest BCUT2D eigenvalue weighted by molar-refractivity contribution is 6.17. The third-order valence-electron chi connectivity index (χ3n) is 7.80. The lowest BCUT2D eigenvalue weighted by atomic mass is 9.98. The zero-order valence-corrected chi connectivity index (χ0v) is 22.6. The first-order chi connectivity index (χ1) is 19.9. The van der Waals surface area contributed by atoms with Gasteiger partial charge in [-0.1, -0.05) is 12.1 Å². The van der Waals surface area contributed by atoms with E-state index in [1.807, 2.05) is 36.7 Å². The second-order valence-electron chi connectivity index (χ2n) is 10.4. The molecule has 3 aromatic carbocycles. The van der Waals surface area contributed by atoms with Crippen LogP contribution in [0.1, 0.15) is 39.1 Å². The molecule has 4 N–H and O–H groups in total. The van der Waals surface area contributed by atoms with Crippen molar-refractivity contribution in [2.75, 3.05) is 20.2 Å². The van der Waals surface area contributed by atoms with Gasteiger partial charge in [-0.25, -0.2) is 4.39 Å². The molecule has 208 valence electrons. The average Bonchev–Trinajstić information content (AvgIpc) is 3.36. The zero-order chi connectivity index (χ0) is 28.5. The minimum absolute atomic E-state index is 0.100. The number of aromatic nitrogens is 2. The van der Waals surface area contributed by atoms with Crippen molar-refractivity contribution in [3.63, 3.8) is 0 Å². The van der Waals surface area contributed by atoms with Crippen molar-refractivity contribution in [2.45, 2.75) is 25.4 Å². The molecule has 2 aromatic heterocycles. The number of nitrogens with two attached hydrogens (primary N) is 1. The normalized spacial score (nSPS) is 14.4. The number of halogens is 1. The standard InChI is InChI=1S/C32H30FN5O3/c1-41-29-5-3-20(16-27(29)33)22-14-25-24-4-2-21(17-28(24)37-30(25)26(15-22)31(34)39)32(40)36-23-8-12-38(13-9-23)18-19-6-10-35-11-7-19/h2-7,10-11,14-17,23,37H,8-9,12-13,18H2,1H3,(H2,34,39)(H,36,40). The Balaban J connectivity index is 1.23. The molecular formula is C32H30FN5O3. The predicted molar refractivity (Wildman–Crippen MR) is 156 cm³/mol. The number of carbonyl (C=O) groups is 2. The molecule has 5 aromatic rings. The number of primary amides is 1. The smallest absolute Gasteiger partial charge is 0.251 e. The van der Waals surface area contributed by atoms with Crippen LogP contribution in [0.3, 0.4) is 0 Å². The van der Waals surface area contributed by atoms with Gasteiger partial charge in [0.15, 0.2) is 11.6 Å². The van der Waals surface area contributed by atoms with Gasteiger partial charge in [0.05, 0.1) is 18.2 Å². The summed E-state index contributed by atoms with van der Waals surface area (Å²) < 4.78 is 19.5. The molecule has 9 heteroatoms. The van der Waals surface area contributed by atoms with Crippen LogP contribution in [-0.4, -0.2) is 52.9 Å². The fourth-order valence-corrected chi connectivity index (χ4v) is 5.61. The Labute approximate surface area is 236 Å². The first-order valence-corrected chi connectivity index (χ1v) is 13.5. The summed E-state index contributed by atoms with van der Waals surface area (Å²) in [4.78, 5) is 35.3. The van der Waals surface area contributed by atoms with E-state index in [1.54, 1.807) is 30.3 Å². The van der Waals surface area contributed by atoms with E-state index in [9.17, 15) is 14.0 Å². The van der Waals surface area contributed by atoms with Gasteiger partial charge in [0.25, 0.3) is 11.8 Å². The largest absolute Gasteiger partial charge is 0.494 e. The molecule has 1 aliphatic heterocycles. The van der Waals surface area contributed by atoms with Crippen molar-refractivity contribution in [1.82, 2.24) is 20.2 Å². The maximum Gasteiger partial charge on any atom is 0.251 e. The van der Waals surface area contributed by atoms with Gasteiger partial charge in [0.1, 0.15) is 0 Å². The van der Waals surface area contributed by atoms with Gasteiger partial charge in [-0.3, -0.25) is 19.5 Å². The van der Waals surface area contributed by atoms with Gasteiger partial charge in [0, 0.05) is 59.9 Å². The molecule has 0 saturated carbocycles. The summed E-state index contributed by atoms with van der Waals surface area (Å²) in [7, 11) is 1.41. The minimum atomic E-state index is -0.606. The SMILES string of the molecule is COc1ccc(-c2cc(C(N)=O)c3[nH]c4cc(C(=O)NC5CCN(Cc6ccncc6)CC5)ccc4c3c2)cc1F. The Morgan fingerprint density at radius 3 is 2.51 bits per heavy atom. The molecule has 8 nitrogen and oxygen atoms in total. The number of pyridine rings is 1. The number of methoxy groups -OCH3 is 1. The van der Waals surface area contributed by atoms with Crippen LogP contribution in [0.2, 0.25) is 0 Å². The lowest BCUT2D eigenvalue weighted by molar-refractivity contribution is 0.0908. The van der Waals surface area contributed by atoms with Gasteiger partial charge in [-0.2, -0.15) is 0 Å². The average molecular weight is 552 g/mol. The molecule has 6 rings (SSSR count). The second-order valence-corrected chi connectivity index (χ2v) is 10.4. The zero-order valence-electron chi connectivity index (χ0n) is 22.6. The number of carbonyl (C=O) groups excluding carboxylic acids is 2. The van der Waals surface area contributed by atoms with Crippen molar-refractivity contribution in [2.24, 2.45) is 5.73 Å². The molecule has 0 aliphatic carbocycles. The summed E-state index contributed by atoms with van der Waals surface area (Å²) in [6.07, 6.45) is 5.37. The molecule has 41 heavy (non-hydrogen) atoms. The lowest BCUT2D eigenvalue weighted by Gasteiger charge is -2.32. The van der Waals surface area contributed by atoms with E-state index in [4.69, 9.17) is 10.5 Å². The van der Waals surface area contributed by atoms with Crippen LogP contribution in [0.4, 0.5) is 4.39 Å². The lowest BCUT2D eigenvalue weighted by Crippen LogP contribution is -2.44. The van der Waals surface area contributed by atoms with Gasteiger partial charge >= 0.3 is 0 Å². The number of hydrogen-bond acceptors (Lipinski definition) is 5. The number of nitrogens with one attached hydrogen (secondary N) is 2. The number of amides is 2. The number of fused-ring (bicyclic) bond motifs is 3. The number of hydrogen-bond donors (Lipinski definition) is 3. The number of nitrogens with zero attached hydrogens (tertiary/aromatic N) is 2. The van der Waals surface area contributed by atoms with E-state index in [-0.39, 0.29) is 23.3 Å². The molecule has 1 saturated heterocycles. The van der Waals surface area contributed by atoms with Crippen LogP contribution >= 0.6 is 0 Å². The number of aromatic amines is 1. The third-order valence-corrected chi connectivity index (χ3v) is 7.80. The van der Waals surface area contributed by atoms with Crippen LogP contribution in [0.25, 0.3) is 32.9 Å². The van der Waals surface area contributed by atoms with Crippen molar-refractivity contribution >= 4 is 33.6 Å². The Bertz CT molecular complexity index is 1760. The molecule has 0 bridgehead atoms. The minimum Gasteiger partial charge on any atom is -0.494 e. The highest BCUT2D eigenvalue weighted by Crippen LogP contribution is 2.34. The fourth-order valence-electron chi connectivity index (χ4n) is 5.61. The number of piperidine rings is 1. The van der Waals surface area contributed by atoms with E-state index in [0.717, 1.165) is 43.2 Å². The summed E-state index contributed by atoms with van der Waals surface area (Å²) in [6, 6.07) is 17.8. The monoisotopic (exact) mass is 551 g/mol. The van der Waals surface area contributed by atoms with E-state index < -0.39 is 11.7 Å². The highest BCUT2D eigenvalue weighted by atomic mass is 19.1. The first-order valence-electron chi connectivity index (χ1n) is 13.5. The highest BCUT2D eigenvalue weighted by Gasteiger charge is 2.22. The number of H-pyrrole nitrogens is 1. The number of ether oxygens (including phenoxy) is 1. The van der Waals surface area contributed by atoms with Crippen LogP contribution in [-0.2, 0) is 6.54 Å². The third kappa shape index (κ3) is 5.36. The van der Waals surface area contributed by atoms with Gasteiger partial charge in [-0.15, -0.1) is 0 Å². The molecule has 0 spiro atoms. The van der Waals surface area contributed by atoms with E-state index in [1.165, 1.54) is 18.7 Å².